The molecule has 1 aromatic carbocycles. The van der Waals surface area contributed by atoms with Crippen LogP contribution in [0.25, 0.3) is 0 Å². The van der Waals surface area contributed by atoms with Gasteiger partial charge < -0.3 is 16.6 Å². The summed E-state index contributed by atoms with van der Waals surface area (Å²) in [5.41, 5.74) is 12.4. The average Bonchev–Trinajstić information content (AvgIpc) is 2.65. The molecule has 1 rings (SSSR count). The minimum Gasteiger partial charge on any atom is -0.478 e. The van der Waals surface area contributed by atoms with Gasteiger partial charge in [-0.25, -0.2) is 4.79 Å². The molecule has 0 radical (unpaired) electrons. The first-order chi connectivity index (χ1) is 13.0. The lowest BCUT2D eigenvalue weighted by Gasteiger charge is -2.25. The fourth-order valence-corrected chi connectivity index (χ4v) is 3.52. The molecule has 0 amide bonds. The van der Waals surface area contributed by atoms with Gasteiger partial charge in [0, 0.05) is 0 Å². The van der Waals surface area contributed by atoms with E-state index in [1.807, 2.05) is 6.07 Å². The number of hydrogen-bond acceptors (Lipinski definition) is 3. The molecular formula is C23H40N2O2. The molecule has 0 unspecified atom stereocenters. The molecule has 0 atom stereocenters. The summed E-state index contributed by atoms with van der Waals surface area (Å²) in [4.78, 5) is 11.1. The molecule has 4 nitrogen and oxygen atoms in total. The molecule has 0 fully saturated rings. The molecule has 0 saturated heterocycles. The van der Waals surface area contributed by atoms with Gasteiger partial charge in [-0.05, 0) is 30.5 Å². The lowest BCUT2D eigenvalue weighted by atomic mass is 9.93. The summed E-state index contributed by atoms with van der Waals surface area (Å²) < 4.78 is 0. The zero-order chi connectivity index (χ0) is 20.0. The van der Waals surface area contributed by atoms with Crippen molar-refractivity contribution in [2.45, 2.75) is 102 Å². The highest BCUT2D eigenvalue weighted by Crippen LogP contribution is 2.21. The second-order valence-electron chi connectivity index (χ2n) is 7.92. The largest absolute Gasteiger partial charge is 0.478 e. The van der Waals surface area contributed by atoms with Gasteiger partial charge in [-0.1, -0.05) is 96.1 Å². The standard InChI is InChI=1S/C23H40N2O2/c1-2-3-4-5-6-7-8-9-10-11-12-13-14-18-23(24,25)21-17-15-16-20(19-21)22(26)27/h15-17,19H,2-14,18,24-25H2,1H3,(H,26,27). The van der Waals surface area contributed by atoms with Gasteiger partial charge in [0.2, 0.25) is 0 Å². The fraction of sp³-hybridized carbons (Fsp3) is 0.696. The Morgan fingerprint density at radius 1 is 0.852 bits per heavy atom. The summed E-state index contributed by atoms with van der Waals surface area (Å²) in [5.74, 6) is -0.950. The van der Waals surface area contributed by atoms with Crippen molar-refractivity contribution < 1.29 is 9.90 Å². The Balaban J connectivity index is 2.07. The first-order valence-corrected chi connectivity index (χ1v) is 10.9. The third kappa shape index (κ3) is 10.5. The van der Waals surface area contributed by atoms with Gasteiger partial charge in [-0.2, -0.15) is 0 Å². The fourth-order valence-electron chi connectivity index (χ4n) is 3.52. The van der Waals surface area contributed by atoms with E-state index in [1.165, 1.54) is 70.6 Å². The minimum absolute atomic E-state index is 0.234. The molecule has 154 valence electrons. The zero-order valence-electron chi connectivity index (χ0n) is 17.2. The van der Waals surface area contributed by atoms with E-state index in [0.29, 0.717) is 12.0 Å². The van der Waals surface area contributed by atoms with Crippen molar-refractivity contribution in [1.29, 1.82) is 0 Å². The van der Waals surface area contributed by atoms with Crippen LogP contribution < -0.4 is 11.5 Å². The first-order valence-electron chi connectivity index (χ1n) is 10.9. The SMILES string of the molecule is CCCCCCCCCCCCCCCC(N)(N)c1cccc(C(=O)O)c1. The van der Waals surface area contributed by atoms with E-state index in [0.717, 1.165) is 12.8 Å². The van der Waals surface area contributed by atoms with E-state index >= 15 is 0 Å². The Kier molecular flexibility index (Phi) is 12.0. The molecule has 27 heavy (non-hydrogen) atoms. The van der Waals surface area contributed by atoms with Crippen LogP contribution in [0.1, 0.15) is 113 Å². The topological polar surface area (TPSA) is 89.3 Å². The van der Waals surface area contributed by atoms with Crippen LogP contribution in [0, 0.1) is 0 Å². The Morgan fingerprint density at radius 2 is 1.33 bits per heavy atom. The first kappa shape index (κ1) is 23.6. The number of unbranched alkanes of at least 4 members (excludes halogenated alkanes) is 12. The van der Waals surface area contributed by atoms with Crippen LogP contribution in [0.5, 0.6) is 0 Å². The Labute approximate surface area is 165 Å². The number of aromatic carboxylic acids is 1. The van der Waals surface area contributed by atoms with E-state index in [9.17, 15) is 4.79 Å². The summed E-state index contributed by atoms with van der Waals surface area (Å²) in [6.07, 6.45) is 17.7. The quantitative estimate of drug-likeness (QED) is 0.246. The number of carbonyl (C=O) groups is 1. The van der Waals surface area contributed by atoms with Gasteiger partial charge in [-0.15, -0.1) is 0 Å². The maximum Gasteiger partial charge on any atom is 0.335 e. The van der Waals surface area contributed by atoms with Crippen LogP contribution in [0.15, 0.2) is 24.3 Å². The summed E-state index contributed by atoms with van der Waals surface area (Å²) in [5, 5.41) is 9.09. The third-order valence-electron chi connectivity index (χ3n) is 5.34. The van der Waals surface area contributed by atoms with Gasteiger partial charge in [0.1, 0.15) is 0 Å². The molecule has 0 aromatic heterocycles. The van der Waals surface area contributed by atoms with E-state index in [-0.39, 0.29) is 5.56 Å². The van der Waals surface area contributed by atoms with Crippen molar-refractivity contribution in [3.8, 4) is 0 Å². The number of rotatable bonds is 16. The zero-order valence-corrected chi connectivity index (χ0v) is 17.2. The molecule has 0 heterocycles. The normalized spacial score (nSPS) is 11.7. The maximum atomic E-state index is 11.1. The predicted octanol–water partition coefficient (Wildman–Crippen LogP) is 5.94. The molecular weight excluding hydrogens is 336 g/mol. The highest BCUT2D eigenvalue weighted by Gasteiger charge is 2.22. The number of nitrogens with two attached hydrogens (primary N) is 2. The van der Waals surface area contributed by atoms with Crippen LogP contribution >= 0.6 is 0 Å². The lowest BCUT2D eigenvalue weighted by Crippen LogP contribution is -2.46. The number of carboxylic acid groups (broad SMARTS) is 1. The van der Waals surface area contributed by atoms with Crippen molar-refractivity contribution in [3.63, 3.8) is 0 Å². The maximum absolute atomic E-state index is 11.1. The van der Waals surface area contributed by atoms with Crippen LogP contribution in [0.4, 0.5) is 0 Å². The average molecular weight is 377 g/mol. The summed E-state index contributed by atoms with van der Waals surface area (Å²) in [6, 6.07) is 6.67. The van der Waals surface area contributed by atoms with Crippen LogP contribution in [0.2, 0.25) is 0 Å². The summed E-state index contributed by atoms with van der Waals surface area (Å²) in [6.45, 7) is 2.26. The van der Waals surface area contributed by atoms with Gasteiger partial charge in [0.25, 0.3) is 0 Å². The van der Waals surface area contributed by atoms with Crippen LogP contribution in [-0.4, -0.2) is 11.1 Å². The highest BCUT2D eigenvalue weighted by molar-refractivity contribution is 5.87. The van der Waals surface area contributed by atoms with Crippen LogP contribution in [-0.2, 0) is 5.66 Å². The summed E-state index contributed by atoms with van der Waals surface area (Å²) in [7, 11) is 0. The monoisotopic (exact) mass is 376 g/mol. The Hall–Kier alpha value is -1.39. The lowest BCUT2D eigenvalue weighted by molar-refractivity contribution is 0.0696. The predicted molar refractivity (Wildman–Crippen MR) is 114 cm³/mol. The van der Waals surface area contributed by atoms with Crippen molar-refractivity contribution in [2.24, 2.45) is 11.5 Å². The molecule has 1 aromatic rings. The number of benzene rings is 1. The highest BCUT2D eigenvalue weighted by atomic mass is 16.4. The smallest absolute Gasteiger partial charge is 0.335 e. The second-order valence-corrected chi connectivity index (χ2v) is 7.92. The van der Waals surface area contributed by atoms with Gasteiger partial charge in [0.15, 0.2) is 0 Å². The van der Waals surface area contributed by atoms with Gasteiger partial charge in [0.05, 0.1) is 11.2 Å². The van der Waals surface area contributed by atoms with Gasteiger partial charge >= 0.3 is 5.97 Å². The molecule has 0 aliphatic carbocycles. The van der Waals surface area contributed by atoms with E-state index in [1.54, 1.807) is 18.2 Å². The van der Waals surface area contributed by atoms with E-state index < -0.39 is 11.6 Å². The van der Waals surface area contributed by atoms with Gasteiger partial charge in [-0.3, -0.25) is 0 Å². The van der Waals surface area contributed by atoms with E-state index in [4.69, 9.17) is 16.6 Å². The minimum atomic E-state index is -0.955. The number of carboxylic acids is 1. The summed E-state index contributed by atoms with van der Waals surface area (Å²) >= 11 is 0. The van der Waals surface area contributed by atoms with Crippen LogP contribution in [0.3, 0.4) is 0 Å². The molecule has 0 bridgehead atoms. The Bertz CT molecular complexity index is 529. The Morgan fingerprint density at radius 3 is 1.81 bits per heavy atom. The molecule has 0 aliphatic rings. The molecule has 4 heteroatoms. The third-order valence-corrected chi connectivity index (χ3v) is 5.34. The molecule has 0 aliphatic heterocycles. The van der Waals surface area contributed by atoms with Crippen molar-refractivity contribution >= 4 is 5.97 Å². The van der Waals surface area contributed by atoms with Crippen molar-refractivity contribution in [1.82, 2.24) is 0 Å². The molecule has 5 N–H and O–H groups in total. The van der Waals surface area contributed by atoms with Crippen molar-refractivity contribution in [3.05, 3.63) is 35.4 Å². The van der Waals surface area contributed by atoms with E-state index in [2.05, 4.69) is 6.92 Å². The van der Waals surface area contributed by atoms with Crippen molar-refractivity contribution in [2.75, 3.05) is 0 Å². The number of hydrogen-bond donors (Lipinski definition) is 3. The second kappa shape index (κ2) is 13.7. The molecule has 0 saturated carbocycles. The molecule has 0 spiro atoms.